The van der Waals surface area contributed by atoms with E-state index < -0.39 is 0 Å². The van der Waals surface area contributed by atoms with Gasteiger partial charge in [0.05, 0.1) is 0 Å². The Balaban J connectivity index is 1.06. The summed E-state index contributed by atoms with van der Waals surface area (Å²) >= 11 is 0. The zero-order valence-corrected chi connectivity index (χ0v) is 31.2. The molecule has 0 atom stereocenters. The van der Waals surface area contributed by atoms with E-state index in [1.807, 2.05) is 6.07 Å². The smallest absolute Gasteiger partial charge is 0.135 e. The van der Waals surface area contributed by atoms with Crippen molar-refractivity contribution < 1.29 is 4.42 Å². The molecule has 10 aromatic carbocycles. The fourth-order valence-electron chi connectivity index (χ4n) is 10.2. The molecule has 1 heterocycles. The Labute approximate surface area is 325 Å². The first kappa shape index (κ1) is 31.4. The van der Waals surface area contributed by atoms with Crippen molar-refractivity contribution in [3.05, 3.63) is 193 Å². The lowest BCUT2D eigenvalue weighted by Gasteiger charge is -2.24. The van der Waals surface area contributed by atoms with Gasteiger partial charge in [0.2, 0.25) is 0 Å². The van der Waals surface area contributed by atoms with Gasteiger partial charge in [-0.25, -0.2) is 0 Å². The number of benzene rings is 10. The summed E-state index contributed by atoms with van der Waals surface area (Å²) in [6.07, 6.45) is 0. The Bertz CT molecular complexity index is 3390. The number of rotatable bonds is 3. The van der Waals surface area contributed by atoms with E-state index in [1.54, 1.807) is 0 Å². The molecular formula is C55H36O. The van der Waals surface area contributed by atoms with Crippen molar-refractivity contribution in [2.24, 2.45) is 0 Å². The van der Waals surface area contributed by atoms with E-state index in [0.717, 1.165) is 21.9 Å². The largest absolute Gasteiger partial charge is 0.456 e. The number of hydrogen-bond donors (Lipinski definition) is 0. The molecule has 0 bridgehead atoms. The van der Waals surface area contributed by atoms with Crippen molar-refractivity contribution >= 4 is 65.0 Å². The average molecular weight is 713 g/mol. The van der Waals surface area contributed by atoms with Crippen LogP contribution in [0.2, 0.25) is 0 Å². The topological polar surface area (TPSA) is 13.1 Å². The van der Waals surface area contributed by atoms with Crippen LogP contribution in [0.4, 0.5) is 0 Å². The molecule has 262 valence electrons. The standard InChI is InChI=1S/C55H36O/c1-55(2)48-28-26-34(31-47(48)53-40-19-5-3-16-37(40)38-17-4-10-24-45(38)54(53)55)33-14-13-15-35(30-33)51-41-20-6-8-22-43(41)52(44-23-9-7-21-42(44)51)36-27-29-50-46(32-36)39-18-11-12-25-49(39)56-50/h3-32H,1-2H3. The van der Waals surface area contributed by atoms with Crippen molar-refractivity contribution in [1.82, 2.24) is 0 Å². The molecule has 0 N–H and O–H groups in total. The molecule has 0 spiro atoms. The van der Waals surface area contributed by atoms with E-state index in [0.29, 0.717) is 0 Å². The minimum atomic E-state index is -0.122. The summed E-state index contributed by atoms with van der Waals surface area (Å²) < 4.78 is 6.23. The van der Waals surface area contributed by atoms with E-state index >= 15 is 0 Å². The highest BCUT2D eigenvalue weighted by Crippen LogP contribution is 2.55. The van der Waals surface area contributed by atoms with Crippen LogP contribution in [0.5, 0.6) is 0 Å². The summed E-state index contributed by atoms with van der Waals surface area (Å²) in [6, 6.07) is 67.1. The number of fused-ring (bicyclic) bond motifs is 13. The van der Waals surface area contributed by atoms with Crippen LogP contribution in [-0.2, 0) is 5.41 Å². The molecule has 0 saturated carbocycles. The van der Waals surface area contributed by atoms with Crippen LogP contribution in [0, 0.1) is 0 Å². The Hall–Kier alpha value is -6.96. The van der Waals surface area contributed by atoms with E-state index in [2.05, 4.69) is 190 Å². The highest BCUT2D eigenvalue weighted by atomic mass is 16.3. The van der Waals surface area contributed by atoms with Crippen LogP contribution < -0.4 is 0 Å². The van der Waals surface area contributed by atoms with Crippen LogP contribution in [0.15, 0.2) is 186 Å². The van der Waals surface area contributed by atoms with Gasteiger partial charge < -0.3 is 4.42 Å². The lowest BCUT2D eigenvalue weighted by Crippen LogP contribution is -2.15. The average Bonchev–Trinajstić information content (AvgIpc) is 3.74. The molecule has 0 aliphatic heterocycles. The van der Waals surface area contributed by atoms with Gasteiger partial charge in [0.25, 0.3) is 0 Å². The van der Waals surface area contributed by atoms with Crippen LogP contribution in [0.3, 0.4) is 0 Å². The lowest BCUT2D eigenvalue weighted by molar-refractivity contribution is 0.666. The van der Waals surface area contributed by atoms with Gasteiger partial charge in [-0.15, -0.1) is 0 Å². The van der Waals surface area contributed by atoms with Gasteiger partial charge in [-0.05, 0) is 129 Å². The minimum Gasteiger partial charge on any atom is -0.456 e. The molecule has 0 radical (unpaired) electrons. The fraction of sp³-hybridized carbons (Fsp3) is 0.0545. The number of furan rings is 1. The zero-order chi connectivity index (χ0) is 37.1. The quantitative estimate of drug-likeness (QED) is 0.131. The third kappa shape index (κ3) is 4.31. The SMILES string of the molecule is CC1(C)c2ccc(-c3cccc(-c4c5ccccc5c(-c5ccc6oc7ccccc7c6c5)c5ccccc45)c3)cc2-c2c1c1ccccc1c1ccccc21. The second-order valence-corrected chi connectivity index (χ2v) is 16.0. The van der Waals surface area contributed by atoms with Gasteiger partial charge in [-0.3, -0.25) is 0 Å². The van der Waals surface area contributed by atoms with Gasteiger partial charge in [0.1, 0.15) is 11.2 Å². The van der Waals surface area contributed by atoms with Gasteiger partial charge in [0.15, 0.2) is 0 Å². The molecule has 1 nitrogen and oxygen atoms in total. The Morgan fingerprint density at radius 3 is 1.45 bits per heavy atom. The maximum absolute atomic E-state index is 6.23. The first-order chi connectivity index (χ1) is 27.5. The number of para-hydroxylation sites is 1. The third-order valence-electron chi connectivity index (χ3n) is 12.6. The summed E-state index contributed by atoms with van der Waals surface area (Å²) in [6.45, 7) is 4.79. The zero-order valence-electron chi connectivity index (χ0n) is 31.2. The van der Waals surface area contributed by atoms with Crippen LogP contribution in [0.25, 0.3) is 110 Å². The molecule has 1 aromatic heterocycles. The Kier molecular flexibility index (Phi) is 6.46. The van der Waals surface area contributed by atoms with E-state index in [4.69, 9.17) is 4.42 Å². The first-order valence-corrected chi connectivity index (χ1v) is 19.6. The minimum absolute atomic E-state index is 0.122. The Morgan fingerprint density at radius 1 is 0.321 bits per heavy atom. The van der Waals surface area contributed by atoms with Gasteiger partial charge >= 0.3 is 0 Å². The fourth-order valence-corrected chi connectivity index (χ4v) is 10.2. The van der Waals surface area contributed by atoms with Gasteiger partial charge in [0, 0.05) is 16.2 Å². The van der Waals surface area contributed by atoms with Crippen molar-refractivity contribution in [3.8, 4) is 44.5 Å². The summed E-state index contributed by atoms with van der Waals surface area (Å²) in [5.41, 5.74) is 14.6. The van der Waals surface area contributed by atoms with Crippen LogP contribution in [0.1, 0.15) is 25.0 Å². The van der Waals surface area contributed by atoms with Crippen molar-refractivity contribution in [1.29, 1.82) is 0 Å². The highest BCUT2D eigenvalue weighted by molar-refractivity contribution is 6.23. The summed E-state index contributed by atoms with van der Waals surface area (Å²) in [5.74, 6) is 0. The molecule has 0 unspecified atom stereocenters. The number of hydrogen-bond acceptors (Lipinski definition) is 1. The maximum Gasteiger partial charge on any atom is 0.135 e. The molecule has 1 aliphatic carbocycles. The van der Waals surface area contributed by atoms with Crippen LogP contribution >= 0.6 is 0 Å². The van der Waals surface area contributed by atoms with Crippen molar-refractivity contribution in [2.45, 2.75) is 19.3 Å². The van der Waals surface area contributed by atoms with E-state index in [9.17, 15) is 0 Å². The van der Waals surface area contributed by atoms with Crippen molar-refractivity contribution in [3.63, 3.8) is 0 Å². The Morgan fingerprint density at radius 2 is 0.786 bits per heavy atom. The molecule has 0 amide bonds. The second-order valence-electron chi connectivity index (χ2n) is 16.0. The predicted octanol–water partition coefficient (Wildman–Crippen LogP) is 15.5. The van der Waals surface area contributed by atoms with Gasteiger partial charge in [-0.1, -0.05) is 166 Å². The lowest BCUT2D eigenvalue weighted by atomic mass is 9.79. The first-order valence-electron chi connectivity index (χ1n) is 19.6. The van der Waals surface area contributed by atoms with Gasteiger partial charge in [-0.2, -0.15) is 0 Å². The molecular weight excluding hydrogens is 677 g/mol. The monoisotopic (exact) mass is 712 g/mol. The summed E-state index contributed by atoms with van der Waals surface area (Å²) in [5, 5.41) is 12.6. The molecule has 1 aliphatic rings. The maximum atomic E-state index is 6.23. The van der Waals surface area contributed by atoms with Crippen LogP contribution in [-0.4, -0.2) is 0 Å². The second kappa shape index (κ2) is 11.5. The molecule has 56 heavy (non-hydrogen) atoms. The summed E-state index contributed by atoms with van der Waals surface area (Å²) in [7, 11) is 0. The molecule has 11 aromatic rings. The highest BCUT2D eigenvalue weighted by Gasteiger charge is 2.38. The predicted molar refractivity (Wildman–Crippen MR) is 238 cm³/mol. The molecule has 0 fully saturated rings. The molecule has 12 rings (SSSR count). The normalized spacial score (nSPS) is 13.3. The van der Waals surface area contributed by atoms with Crippen molar-refractivity contribution in [2.75, 3.05) is 0 Å². The third-order valence-corrected chi connectivity index (χ3v) is 12.6. The molecule has 1 heteroatoms. The molecule has 0 saturated heterocycles. The van der Waals surface area contributed by atoms with E-state index in [-0.39, 0.29) is 5.41 Å². The van der Waals surface area contributed by atoms with E-state index in [1.165, 1.54) is 98.7 Å². The summed E-state index contributed by atoms with van der Waals surface area (Å²) in [4.78, 5) is 0.